The van der Waals surface area contributed by atoms with Crippen LogP contribution >= 0.6 is 0 Å². The summed E-state index contributed by atoms with van der Waals surface area (Å²) in [5, 5.41) is 12.6. The van der Waals surface area contributed by atoms with E-state index in [1.807, 2.05) is 36.4 Å². The van der Waals surface area contributed by atoms with Crippen molar-refractivity contribution >= 4 is 23.3 Å². The van der Waals surface area contributed by atoms with E-state index in [0.29, 0.717) is 24.1 Å². The number of benzene rings is 2. The van der Waals surface area contributed by atoms with Crippen LogP contribution in [0.5, 0.6) is 11.5 Å². The zero-order valence-corrected chi connectivity index (χ0v) is 16.8. The fourth-order valence-corrected chi connectivity index (χ4v) is 3.46. The number of nitrogens with one attached hydrogen (secondary N) is 1. The maximum atomic E-state index is 9.46. The van der Waals surface area contributed by atoms with Crippen LogP contribution in [-0.2, 0) is 6.54 Å². The van der Waals surface area contributed by atoms with E-state index in [1.54, 1.807) is 19.2 Å². The molecule has 1 saturated heterocycles. The van der Waals surface area contributed by atoms with E-state index in [4.69, 9.17) is 10.5 Å². The zero-order valence-electron chi connectivity index (χ0n) is 16.8. The van der Waals surface area contributed by atoms with Gasteiger partial charge in [-0.2, -0.15) is 15.0 Å². The van der Waals surface area contributed by atoms with Gasteiger partial charge in [-0.05, 0) is 36.4 Å². The van der Waals surface area contributed by atoms with Gasteiger partial charge >= 0.3 is 0 Å². The second-order valence-electron chi connectivity index (χ2n) is 7.04. The highest BCUT2D eigenvalue weighted by molar-refractivity contribution is 5.62. The average molecular weight is 407 g/mol. The van der Waals surface area contributed by atoms with Crippen LogP contribution in [0.4, 0.5) is 23.3 Å². The monoisotopic (exact) mass is 407 g/mol. The Labute approximate surface area is 175 Å². The molecule has 1 aliphatic rings. The van der Waals surface area contributed by atoms with Crippen molar-refractivity contribution in [1.29, 1.82) is 0 Å². The Bertz CT molecular complexity index is 989. The van der Waals surface area contributed by atoms with Crippen molar-refractivity contribution in [3.63, 3.8) is 0 Å². The molecule has 30 heavy (non-hydrogen) atoms. The lowest BCUT2D eigenvalue weighted by atomic mass is 10.2. The molecule has 156 valence electrons. The molecule has 1 aromatic heterocycles. The van der Waals surface area contributed by atoms with Crippen LogP contribution in [0, 0.1) is 0 Å². The highest BCUT2D eigenvalue weighted by Gasteiger charge is 2.19. The Kier molecular flexibility index (Phi) is 5.80. The lowest BCUT2D eigenvalue weighted by Crippen LogP contribution is -2.46. The summed E-state index contributed by atoms with van der Waals surface area (Å²) in [5.74, 6) is 2.17. The van der Waals surface area contributed by atoms with Gasteiger partial charge in [-0.1, -0.05) is 12.1 Å². The summed E-state index contributed by atoms with van der Waals surface area (Å²) in [6, 6.07) is 14.9. The molecule has 9 nitrogen and oxygen atoms in total. The molecule has 3 aromatic rings. The zero-order chi connectivity index (χ0) is 20.9. The number of piperazine rings is 1. The van der Waals surface area contributed by atoms with Gasteiger partial charge in [0, 0.05) is 31.9 Å². The van der Waals surface area contributed by atoms with Crippen LogP contribution in [0.2, 0.25) is 0 Å². The number of aromatic hydroxyl groups is 1. The summed E-state index contributed by atoms with van der Waals surface area (Å²) in [7, 11) is 1.62. The van der Waals surface area contributed by atoms with Gasteiger partial charge < -0.3 is 25.8 Å². The first-order valence-electron chi connectivity index (χ1n) is 9.77. The molecule has 0 amide bonds. The standard InChI is InChI=1S/C21H25N7O2/c1-30-18-5-3-2-4-17(18)23-21-25-19(24-20(22)26-21)14-27-10-12-28(13-11-27)15-6-8-16(29)9-7-15/h2-9,29H,10-14H2,1H3,(H3,22,23,24,25,26). The number of nitrogen functional groups attached to an aromatic ring is 1. The minimum atomic E-state index is 0.181. The number of nitrogens with two attached hydrogens (primary N) is 1. The normalized spacial score (nSPS) is 14.5. The number of hydrogen-bond donors (Lipinski definition) is 3. The first kappa shape index (κ1) is 19.7. The van der Waals surface area contributed by atoms with E-state index in [1.165, 1.54) is 0 Å². The number of aromatic nitrogens is 3. The summed E-state index contributed by atoms with van der Waals surface area (Å²) >= 11 is 0. The number of nitrogens with zero attached hydrogens (tertiary/aromatic N) is 5. The molecule has 4 rings (SSSR count). The van der Waals surface area contributed by atoms with Crippen LogP contribution < -0.4 is 20.7 Å². The minimum absolute atomic E-state index is 0.181. The maximum Gasteiger partial charge on any atom is 0.232 e. The van der Waals surface area contributed by atoms with Crippen molar-refractivity contribution in [2.24, 2.45) is 0 Å². The van der Waals surface area contributed by atoms with Crippen LogP contribution in [0.25, 0.3) is 0 Å². The molecule has 4 N–H and O–H groups in total. The fourth-order valence-electron chi connectivity index (χ4n) is 3.46. The van der Waals surface area contributed by atoms with Crippen molar-refractivity contribution in [3.05, 3.63) is 54.4 Å². The molecule has 0 saturated carbocycles. The molecule has 0 radical (unpaired) electrons. The number of para-hydroxylation sites is 2. The van der Waals surface area contributed by atoms with Crippen molar-refractivity contribution in [2.75, 3.05) is 49.2 Å². The predicted octanol–water partition coefficient (Wildman–Crippen LogP) is 2.23. The van der Waals surface area contributed by atoms with Gasteiger partial charge in [0.2, 0.25) is 11.9 Å². The third-order valence-corrected chi connectivity index (χ3v) is 5.00. The molecule has 0 unspecified atom stereocenters. The van der Waals surface area contributed by atoms with Gasteiger partial charge in [-0.15, -0.1) is 0 Å². The largest absolute Gasteiger partial charge is 0.508 e. The molecule has 0 atom stereocenters. The van der Waals surface area contributed by atoms with Crippen LogP contribution in [-0.4, -0.2) is 58.2 Å². The third-order valence-electron chi connectivity index (χ3n) is 5.00. The number of phenols is 1. The van der Waals surface area contributed by atoms with Crippen LogP contribution in [0.1, 0.15) is 5.82 Å². The Balaban J connectivity index is 1.40. The highest BCUT2D eigenvalue weighted by Crippen LogP contribution is 2.26. The van der Waals surface area contributed by atoms with E-state index in [9.17, 15) is 5.11 Å². The number of hydrogen-bond acceptors (Lipinski definition) is 9. The molecule has 0 bridgehead atoms. The quantitative estimate of drug-likeness (QED) is 0.566. The molecule has 2 heterocycles. The van der Waals surface area contributed by atoms with Crippen LogP contribution in [0.15, 0.2) is 48.5 Å². The Morgan fingerprint density at radius 1 is 1.00 bits per heavy atom. The molecular weight excluding hydrogens is 382 g/mol. The summed E-state index contributed by atoms with van der Waals surface area (Å²) in [4.78, 5) is 17.6. The minimum Gasteiger partial charge on any atom is -0.508 e. The third kappa shape index (κ3) is 4.69. The first-order valence-corrected chi connectivity index (χ1v) is 9.77. The summed E-state index contributed by atoms with van der Waals surface area (Å²) < 4.78 is 5.36. The second-order valence-corrected chi connectivity index (χ2v) is 7.04. The van der Waals surface area contributed by atoms with Crippen molar-refractivity contribution < 1.29 is 9.84 Å². The molecule has 1 aliphatic heterocycles. The van der Waals surface area contributed by atoms with Gasteiger partial charge in [0.25, 0.3) is 0 Å². The lowest BCUT2D eigenvalue weighted by Gasteiger charge is -2.35. The summed E-state index contributed by atoms with van der Waals surface area (Å²) in [5.41, 5.74) is 7.79. The molecule has 0 aliphatic carbocycles. The van der Waals surface area contributed by atoms with Gasteiger partial charge in [-0.25, -0.2) is 0 Å². The Morgan fingerprint density at radius 3 is 2.47 bits per heavy atom. The van der Waals surface area contributed by atoms with Gasteiger partial charge in [-0.3, -0.25) is 4.90 Å². The van der Waals surface area contributed by atoms with Gasteiger partial charge in [0.15, 0.2) is 0 Å². The van der Waals surface area contributed by atoms with Crippen molar-refractivity contribution in [1.82, 2.24) is 19.9 Å². The topological polar surface area (TPSA) is 113 Å². The van der Waals surface area contributed by atoms with Crippen molar-refractivity contribution in [2.45, 2.75) is 6.54 Å². The molecular formula is C21H25N7O2. The fraction of sp³-hybridized carbons (Fsp3) is 0.286. The number of ether oxygens (including phenoxy) is 1. The Morgan fingerprint density at radius 2 is 1.73 bits per heavy atom. The molecule has 2 aromatic carbocycles. The van der Waals surface area contributed by atoms with E-state index in [-0.39, 0.29) is 11.7 Å². The van der Waals surface area contributed by atoms with Crippen molar-refractivity contribution in [3.8, 4) is 11.5 Å². The van der Waals surface area contributed by atoms with E-state index >= 15 is 0 Å². The SMILES string of the molecule is COc1ccccc1Nc1nc(N)nc(CN2CCN(c3ccc(O)cc3)CC2)n1. The average Bonchev–Trinajstić information content (AvgIpc) is 2.75. The van der Waals surface area contributed by atoms with E-state index in [0.717, 1.165) is 37.6 Å². The smallest absolute Gasteiger partial charge is 0.232 e. The number of methoxy groups -OCH3 is 1. The molecule has 0 spiro atoms. The van der Waals surface area contributed by atoms with Gasteiger partial charge in [0.05, 0.1) is 19.3 Å². The van der Waals surface area contributed by atoms with Gasteiger partial charge in [0.1, 0.15) is 17.3 Å². The lowest BCUT2D eigenvalue weighted by molar-refractivity contribution is 0.244. The first-order chi connectivity index (χ1) is 14.6. The summed E-state index contributed by atoms with van der Waals surface area (Å²) in [6.45, 7) is 4.12. The second kappa shape index (κ2) is 8.83. The number of anilines is 4. The molecule has 1 fully saturated rings. The van der Waals surface area contributed by atoms with E-state index < -0.39 is 0 Å². The highest BCUT2D eigenvalue weighted by atomic mass is 16.5. The Hall–Kier alpha value is -3.59. The number of rotatable bonds is 6. The molecule has 9 heteroatoms. The maximum absolute atomic E-state index is 9.46. The van der Waals surface area contributed by atoms with Crippen LogP contribution in [0.3, 0.4) is 0 Å². The number of phenolic OH excluding ortho intramolecular Hbond substituents is 1. The predicted molar refractivity (Wildman–Crippen MR) is 116 cm³/mol. The summed E-state index contributed by atoms with van der Waals surface area (Å²) in [6.07, 6.45) is 0. The van der Waals surface area contributed by atoms with E-state index in [2.05, 4.69) is 30.1 Å².